The van der Waals surface area contributed by atoms with Crippen LogP contribution in [0.2, 0.25) is 0 Å². The third-order valence-electron chi connectivity index (χ3n) is 8.57. The first-order chi connectivity index (χ1) is 19.8. The molecule has 0 unspecified atom stereocenters. The standard InChI is InChI=1S/C32H29N3O6.Na/c1-40-29-16-21(15-26-23(29)8-11-35(26)22-4-5-22)30(37)34-12-9-32(10-13-34)17-27(36)24-14-19(3-7-28(24)41-32)20-2-6-25(31(38)39)33-18-20;/h2-3,6-8,11,14-16,18,22H,4-5,9-10,12-13,17H2,1H3,(H,38,39);. The van der Waals surface area contributed by atoms with Crippen molar-refractivity contribution in [1.82, 2.24) is 14.5 Å². The van der Waals surface area contributed by atoms with Crippen LogP contribution in [0.1, 0.15) is 69.4 Å². The average molecular weight is 575 g/mol. The van der Waals surface area contributed by atoms with E-state index in [1.54, 1.807) is 25.3 Å². The molecule has 1 aliphatic carbocycles. The number of piperidine rings is 1. The quantitative estimate of drug-likeness (QED) is 0.334. The van der Waals surface area contributed by atoms with E-state index < -0.39 is 11.6 Å². The Hall–Kier alpha value is -3.66. The number of pyridine rings is 1. The topological polar surface area (TPSA) is 111 Å². The number of hydrogen-bond donors (Lipinski definition) is 1. The number of carbonyl (C=O) groups is 3. The average Bonchev–Trinajstić information content (AvgIpc) is 3.74. The van der Waals surface area contributed by atoms with E-state index in [0.29, 0.717) is 54.6 Å². The van der Waals surface area contributed by atoms with Crippen LogP contribution in [0, 0.1) is 0 Å². The maximum atomic E-state index is 13.6. The molecule has 9 nitrogen and oxygen atoms in total. The van der Waals surface area contributed by atoms with Gasteiger partial charge in [0.15, 0.2) is 5.78 Å². The number of carboxylic acids is 1. The van der Waals surface area contributed by atoms with Crippen molar-refractivity contribution >= 4 is 58.1 Å². The zero-order chi connectivity index (χ0) is 28.3. The van der Waals surface area contributed by atoms with E-state index in [1.807, 2.05) is 23.1 Å². The molecule has 2 aliphatic heterocycles. The number of ketones is 1. The van der Waals surface area contributed by atoms with Gasteiger partial charge < -0.3 is 24.0 Å². The summed E-state index contributed by atoms with van der Waals surface area (Å²) >= 11 is 0. The van der Waals surface area contributed by atoms with Crippen LogP contribution in [0.15, 0.2) is 60.9 Å². The van der Waals surface area contributed by atoms with Crippen molar-refractivity contribution in [2.75, 3.05) is 20.2 Å². The van der Waals surface area contributed by atoms with Gasteiger partial charge in [-0.25, -0.2) is 9.78 Å². The number of amides is 1. The predicted molar refractivity (Wildman–Crippen MR) is 157 cm³/mol. The van der Waals surface area contributed by atoms with Gasteiger partial charge in [0, 0.05) is 90.4 Å². The number of rotatable bonds is 5. The fourth-order valence-electron chi connectivity index (χ4n) is 6.14. The first kappa shape index (κ1) is 28.5. The summed E-state index contributed by atoms with van der Waals surface area (Å²) in [6, 6.07) is 14.9. The van der Waals surface area contributed by atoms with Crippen LogP contribution in [0.4, 0.5) is 0 Å². The zero-order valence-electron chi connectivity index (χ0n) is 23.6. The van der Waals surface area contributed by atoms with E-state index in [2.05, 4.69) is 21.8 Å². The molecule has 10 heteroatoms. The molecule has 209 valence electrons. The fraction of sp³-hybridized carbons (Fsp3) is 0.312. The third kappa shape index (κ3) is 4.99. The number of likely N-dealkylation sites (tertiary alicyclic amines) is 1. The summed E-state index contributed by atoms with van der Waals surface area (Å²) in [6.07, 6.45) is 7.24. The largest absolute Gasteiger partial charge is 0.496 e. The van der Waals surface area contributed by atoms with Gasteiger partial charge in [0.25, 0.3) is 5.91 Å². The van der Waals surface area contributed by atoms with Crippen molar-refractivity contribution in [2.24, 2.45) is 0 Å². The second-order valence-corrected chi connectivity index (χ2v) is 11.2. The second-order valence-electron chi connectivity index (χ2n) is 11.2. The minimum Gasteiger partial charge on any atom is -0.496 e. The molecule has 2 aromatic carbocycles. The molecule has 4 heterocycles. The van der Waals surface area contributed by atoms with Gasteiger partial charge in [-0.2, -0.15) is 0 Å². The van der Waals surface area contributed by atoms with Gasteiger partial charge in [0.05, 0.1) is 24.6 Å². The van der Waals surface area contributed by atoms with E-state index in [-0.39, 0.29) is 53.4 Å². The second kappa shape index (κ2) is 10.9. The summed E-state index contributed by atoms with van der Waals surface area (Å²) in [5, 5.41) is 10.1. The van der Waals surface area contributed by atoms with Crippen molar-refractivity contribution in [2.45, 2.75) is 43.7 Å². The number of ether oxygens (including phenoxy) is 2. The minimum absolute atomic E-state index is 0. The van der Waals surface area contributed by atoms with Gasteiger partial charge in [-0.3, -0.25) is 9.59 Å². The molecule has 3 aliphatic rings. The normalized spacial score (nSPS) is 17.4. The van der Waals surface area contributed by atoms with Crippen LogP contribution in [-0.4, -0.2) is 92.6 Å². The Kier molecular flexibility index (Phi) is 7.37. The summed E-state index contributed by atoms with van der Waals surface area (Å²) in [7, 11) is 1.63. The van der Waals surface area contributed by atoms with Crippen LogP contribution < -0.4 is 9.47 Å². The minimum atomic E-state index is -1.09. The smallest absolute Gasteiger partial charge is 0.354 e. The van der Waals surface area contributed by atoms with Crippen LogP contribution in [-0.2, 0) is 0 Å². The van der Waals surface area contributed by atoms with E-state index >= 15 is 0 Å². The Bertz CT molecular complexity index is 1720. The number of methoxy groups -OCH3 is 1. The molecule has 1 saturated carbocycles. The van der Waals surface area contributed by atoms with Gasteiger partial charge >= 0.3 is 5.97 Å². The summed E-state index contributed by atoms with van der Waals surface area (Å²) in [6.45, 7) is 0.982. The number of aromatic nitrogens is 2. The van der Waals surface area contributed by atoms with E-state index in [9.17, 15) is 14.4 Å². The maximum absolute atomic E-state index is 13.6. The zero-order valence-corrected chi connectivity index (χ0v) is 25.6. The number of nitrogens with zero attached hydrogens (tertiary/aromatic N) is 3. The van der Waals surface area contributed by atoms with Crippen molar-refractivity contribution in [3.63, 3.8) is 0 Å². The Balaban J connectivity index is 0.00000316. The van der Waals surface area contributed by atoms with Crippen molar-refractivity contribution in [3.05, 3.63) is 77.7 Å². The SMILES string of the molecule is COc1cc(C(=O)N2CCC3(CC2)CC(=O)c2cc(-c4ccc(C(=O)O)nc4)ccc2O3)cc2c1ccn2C1CC1.[Na]. The monoisotopic (exact) mass is 574 g/mol. The number of carbonyl (C=O) groups excluding carboxylic acids is 2. The van der Waals surface area contributed by atoms with Crippen LogP contribution in [0.3, 0.4) is 0 Å². The fourth-order valence-corrected chi connectivity index (χ4v) is 6.14. The van der Waals surface area contributed by atoms with Gasteiger partial charge in [-0.15, -0.1) is 0 Å². The van der Waals surface area contributed by atoms with E-state index in [0.717, 1.165) is 34.9 Å². The first-order valence-electron chi connectivity index (χ1n) is 13.9. The number of benzene rings is 2. The number of carboxylic acid groups (broad SMARTS) is 1. The third-order valence-corrected chi connectivity index (χ3v) is 8.57. The molecule has 1 N–H and O–H groups in total. The molecule has 0 bridgehead atoms. The number of fused-ring (bicyclic) bond motifs is 2. The van der Waals surface area contributed by atoms with Crippen LogP contribution in [0.5, 0.6) is 11.5 Å². The predicted octanol–water partition coefficient (Wildman–Crippen LogP) is 5.00. The Morgan fingerprint density at radius 2 is 1.81 bits per heavy atom. The van der Waals surface area contributed by atoms with Crippen LogP contribution >= 0.6 is 0 Å². The summed E-state index contributed by atoms with van der Waals surface area (Å²) in [4.78, 5) is 43.9. The van der Waals surface area contributed by atoms with Crippen molar-refractivity contribution < 1.29 is 29.0 Å². The molecule has 7 rings (SSSR count). The molecule has 1 amide bonds. The molecule has 0 atom stereocenters. The van der Waals surface area contributed by atoms with E-state index in [1.165, 1.54) is 12.3 Å². The molecule has 42 heavy (non-hydrogen) atoms. The molecule has 2 aromatic heterocycles. The Labute approximate surface area is 264 Å². The number of hydrogen-bond acceptors (Lipinski definition) is 6. The maximum Gasteiger partial charge on any atom is 0.354 e. The van der Waals surface area contributed by atoms with E-state index in [4.69, 9.17) is 14.6 Å². The molecule has 1 saturated heterocycles. The van der Waals surface area contributed by atoms with Gasteiger partial charge in [0.2, 0.25) is 0 Å². The molecule has 1 radical (unpaired) electrons. The van der Waals surface area contributed by atoms with Gasteiger partial charge in [0.1, 0.15) is 22.8 Å². The van der Waals surface area contributed by atoms with Gasteiger partial charge in [-0.05, 0) is 54.8 Å². The molecule has 2 fully saturated rings. The first-order valence-corrected chi connectivity index (χ1v) is 13.9. The molecule has 4 aromatic rings. The molecular weight excluding hydrogens is 545 g/mol. The van der Waals surface area contributed by atoms with Crippen molar-refractivity contribution in [3.8, 4) is 22.6 Å². The number of Topliss-reactive ketones (excluding diaryl/α,β-unsaturated/α-hetero) is 1. The molecular formula is C32H29N3NaO6. The Morgan fingerprint density at radius 3 is 2.48 bits per heavy atom. The van der Waals surface area contributed by atoms with Crippen LogP contribution in [0.25, 0.3) is 22.0 Å². The summed E-state index contributed by atoms with van der Waals surface area (Å²) < 4.78 is 14.3. The summed E-state index contributed by atoms with van der Waals surface area (Å²) in [5.41, 5.74) is 2.94. The number of aromatic carboxylic acids is 1. The van der Waals surface area contributed by atoms with Gasteiger partial charge in [-0.1, -0.05) is 12.1 Å². The van der Waals surface area contributed by atoms with Crippen molar-refractivity contribution in [1.29, 1.82) is 0 Å². The molecule has 1 spiro atoms. The Morgan fingerprint density at radius 1 is 1.05 bits per heavy atom. The summed E-state index contributed by atoms with van der Waals surface area (Å²) in [5.74, 6) is 0.103.